The molecule has 1 amide bonds. The van der Waals surface area contributed by atoms with Crippen molar-refractivity contribution in [1.82, 2.24) is 4.90 Å². The second kappa shape index (κ2) is 7.31. The van der Waals surface area contributed by atoms with Gasteiger partial charge in [-0.15, -0.1) is 0 Å². The highest BCUT2D eigenvalue weighted by molar-refractivity contribution is 6.37. The van der Waals surface area contributed by atoms with Crippen molar-refractivity contribution in [2.24, 2.45) is 0 Å². The number of benzene rings is 1. The maximum atomic E-state index is 12.0. The van der Waals surface area contributed by atoms with E-state index in [1.807, 2.05) is 0 Å². The van der Waals surface area contributed by atoms with E-state index in [1.54, 1.807) is 12.1 Å². The summed E-state index contributed by atoms with van der Waals surface area (Å²) in [5.74, 6) is -0.121. The van der Waals surface area contributed by atoms with Gasteiger partial charge >= 0.3 is 0 Å². The summed E-state index contributed by atoms with van der Waals surface area (Å²) in [6.07, 6.45) is 0.378. The van der Waals surface area contributed by atoms with Crippen molar-refractivity contribution in [3.63, 3.8) is 0 Å². The van der Waals surface area contributed by atoms with Gasteiger partial charge in [-0.3, -0.25) is 9.69 Å². The number of nitrogens with one attached hydrogen (secondary N) is 1. The van der Waals surface area contributed by atoms with Gasteiger partial charge in [0, 0.05) is 30.6 Å². The zero-order chi connectivity index (χ0) is 15.4. The first kappa shape index (κ1) is 16.4. The number of anilines is 2. The number of halogens is 2. The maximum Gasteiger partial charge on any atom is 0.225 e. The molecular weight excluding hydrogens is 313 g/mol. The molecule has 0 radical (unpaired) electrons. The second-order valence-electron chi connectivity index (χ2n) is 5.11. The highest BCUT2D eigenvalue weighted by atomic mass is 35.5. The number of nitrogens with two attached hydrogens (primary N) is 1. The van der Waals surface area contributed by atoms with Crippen molar-refractivity contribution in [3.05, 3.63) is 22.2 Å². The third-order valence-corrected chi connectivity index (χ3v) is 4.00. The van der Waals surface area contributed by atoms with Crippen molar-refractivity contribution < 1.29 is 9.53 Å². The van der Waals surface area contributed by atoms with Crippen LogP contribution >= 0.6 is 23.2 Å². The third kappa shape index (κ3) is 4.48. The average molecular weight is 332 g/mol. The first-order valence-corrected chi connectivity index (χ1v) is 7.59. The number of nitrogen functional groups attached to an aromatic ring is 1. The number of amides is 1. The molecular formula is C14H19Cl2N3O2. The van der Waals surface area contributed by atoms with E-state index >= 15 is 0 Å². The van der Waals surface area contributed by atoms with E-state index in [9.17, 15) is 4.79 Å². The van der Waals surface area contributed by atoms with Crippen LogP contribution in [-0.2, 0) is 9.53 Å². The number of rotatable bonds is 4. The summed E-state index contributed by atoms with van der Waals surface area (Å²) < 4.78 is 5.37. The summed E-state index contributed by atoms with van der Waals surface area (Å²) in [4.78, 5) is 14.3. The van der Waals surface area contributed by atoms with Crippen LogP contribution < -0.4 is 11.1 Å². The molecule has 116 valence electrons. The molecule has 0 spiro atoms. The molecule has 3 N–H and O–H groups in total. The Bertz CT molecular complexity index is 502. The molecule has 1 fully saturated rings. The van der Waals surface area contributed by atoms with Gasteiger partial charge in [-0.1, -0.05) is 23.2 Å². The van der Waals surface area contributed by atoms with Crippen molar-refractivity contribution >= 4 is 40.5 Å². The van der Waals surface area contributed by atoms with Gasteiger partial charge in [-0.2, -0.15) is 0 Å². The molecule has 1 saturated heterocycles. The third-order valence-electron chi connectivity index (χ3n) is 3.48. The molecule has 1 aliphatic rings. The van der Waals surface area contributed by atoms with E-state index in [4.69, 9.17) is 33.7 Å². The lowest BCUT2D eigenvalue weighted by Gasteiger charge is -2.32. The zero-order valence-corrected chi connectivity index (χ0v) is 13.4. The fourth-order valence-electron chi connectivity index (χ4n) is 2.27. The standard InChI is InChI=1S/C14H19Cl2N3O2/c1-9-8-21-5-4-19(9)3-2-13(20)18-14-11(16)6-10(15)7-12(14)17/h6-7,9H,2-5,8,17H2,1H3,(H,18,20). The van der Waals surface area contributed by atoms with Crippen LogP contribution in [0.2, 0.25) is 10.0 Å². The number of hydrogen-bond acceptors (Lipinski definition) is 4. The van der Waals surface area contributed by atoms with E-state index in [1.165, 1.54) is 0 Å². The molecule has 0 aliphatic carbocycles. The van der Waals surface area contributed by atoms with E-state index in [0.717, 1.165) is 6.54 Å². The molecule has 1 aliphatic heterocycles. The Morgan fingerprint density at radius 1 is 1.52 bits per heavy atom. The predicted molar refractivity (Wildman–Crippen MR) is 86.0 cm³/mol. The molecule has 0 aromatic heterocycles. The van der Waals surface area contributed by atoms with Crippen LogP contribution in [0.15, 0.2) is 12.1 Å². The summed E-state index contributed by atoms with van der Waals surface area (Å²) in [5, 5.41) is 3.53. The fourth-order valence-corrected chi connectivity index (χ4v) is 2.82. The molecule has 0 bridgehead atoms. The smallest absolute Gasteiger partial charge is 0.225 e. The van der Waals surface area contributed by atoms with Crippen LogP contribution in [0, 0.1) is 0 Å². The normalized spacial score (nSPS) is 19.5. The lowest BCUT2D eigenvalue weighted by atomic mass is 10.2. The molecule has 0 saturated carbocycles. The molecule has 21 heavy (non-hydrogen) atoms. The first-order chi connectivity index (χ1) is 9.97. The Kier molecular flexibility index (Phi) is 5.70. The predicted octanol–water partition coefficient (Wildman–Crippen LogP) is 2.62. The van der Waals surface area contributed by atoms with Gasteiger partial charge in [0.2, 0.25) is 5.91 Å². The molecule has 1 aromatic carbocycles. The Balaban J connectivity index is 1.90. The van der Waals surface area contributed by atoms with E-state index in [-0.39, 0.29) is 5.91 Å². The summed E-state index contributed by atoms with van der Waals surface area (Å²) in [6, 6.07) is 3.45. The largest absolute Gasteiger partial charge is 0.397 e. The number of hydrogen-bond donors (Lipinski definition) is 2. The molecule has 1 unspecified atom stereocenters. The lowest BCUT2D eigenvalue weighted by Crippen LogP contribution is -2.44. The van der Waals surface area contributed by atoms with Crippen molar-refractivity contribution in [2.75, 3.05) is 37.4 Å². The average Bonchev–Trinajstić information content (AvgIpc) is 2.42. The minimum Gasteiger partial charge on any atom is -0.397 e. The Morgan fingerprint density at radius 2 is 2.29 bits per heavy atom. The van der Waals surface area contributed by atoms with Crippen LogP contribution in [0.4, 0.5) is 11.4 Å². The van der Waals surface area contributed by atoms with E-state index < -0.39 is 0 Å². The van der Waals surface area contributed by atoms with E-state index in [2.05, 4.69) is 17.1 Å². The van der Waals surface area contributed by atoms with Crippen LogP contribution in [-0.4, -0.2) is 43.2 Å². The van der Waals surface area contributed by atoms with Gasteiger partial charge < -0.3 is 15.8 Å². The first-order valence-electron chi connectivity index (χ1n) is 6.83. The number of carbonyl (C=O) groups excluding carboxylic acids is 1. The van der Waals surface area contributed by atoms with Gasteiger partial charge in [0.25, 0.3) is 0 Å². The maximum absolute atomic E-state index is 12.0. The number of carbonyl (C=O) groups is 1. The molecule has 1 heterocycles. The minimum atomic E-state index is -0.121. The monoisotopic (exact) mass is 331 g/mol. The van der Waals surface area contributed by atoms with Gasteiger partial charge in [0.15, 0.2) is 0 Å². The molecule has 7 heteroatoms. The van der Waals surface area contributed by atoms with Crippen LogP contribution in [0.5, 0.6) is 0 Å². The molecule has 5 nitrogen and oxygen atoms in total. The summed E-state index contributed by atoms with van der Waals surface area (Å²) in [5.41, 5.74) is 6.60. The van der Waals surface area contributed by atoms with Gasteiger partial charge in [0.05, 0.1) is 29.6 Å². The Hall–Kier alpha value is -1.01. The van der Waals surface area contributed by atoms with Crippen molar-refractivity contribution in [2.45, 2.75) is 19.4 Å². The minimum absolute atomic E-state index is 0.121. The number of ether oxygens (including phenoxy) is 1. The van der Waals surface area contributed by atoms with Crippen LogP contribution in [0.3, 0.4) is 0 Å². The lowest BCUT2D eigenvalue weighted by molar-refractivity contribution is -0.117. The van der Waals surface area contributed by atoms with Crippen LogP contribution in [0.1, 0.15) is 13.3 Å². The van der Waals surface area contributed by atoms with Crippen molar-refractivity contribution in [1.29, 1.82) is 0 Å². The summed E-state index contributed by atoms with van der Waals surface area (Å²) >= 11 is 11.9. The Labute approximate surface area is 134 Å². The van der Waals surface area contributed by atoms with Crippen molar-refractivity contribution in [3.8, 4) is 0 Å². The SMILES string of the molecule is CC1COCCN1CCC(=O)Nc1c(N)cc(Cl)cc1Cl. The van der Waals surface area contributed by atoms with Gasteiger partial charge in [-0.05, 0) is 19.1 Å². The highest BCUT2D eigenvalue weighted by Gasteiger charge is 2.19. The van der Waals surface area contributed by atoms with Crippen LogP contribution in [0.25, 0.3) is 0 Å². The number of nitrogens with zero attached hydrogens (tertiary/aromatic N) is 1. The Morgan fingerprint density at radius 3 is 2.95 bits per heavy atom. The quantitative estimate of drug-likeness (QED) is 0.832. The zero-order valence-electron chi connectivity index (χ0n) is 11.9. The second-order valence-corrected chi connectivity index (χ2v) is 5.95. The molecule has 2 rings (SSSR count). The van der Waals surface area contributed by atoms with E-state index in [0.29, 0.717) is 53.6 Å². The number of morpholine rings is 1. The summed E-state index contributed by atoms with van der Waals surface area (Å²) in [6.45, 7) is 5.03. The topological polar surface area (TPSA) is 67.6 Å². The highest BCUT2D eigenvalue weighted by Crippen LogP contribution is 2.32. The fraction of sp³-hybridized carbons (Fsp3) is 0.500. The summed E-state index contributed by atoms with van der Waals surface area (Å²) in [7, 11) is 0. The molecule has 1 aromatic rings. The molecule has 1 atom stereocenters. The van der Waals surface area contributed by atoms with Gasteiger partial charge in [-0.25, -0.2) is 0 Å². The van der Waals surface area contributed by atoms with Gasteiger partial charge in [0.1, 0.15) is 0 Å².